The Labute approximate surface area is 128 Å². The lowest BCUT2D eigenvalue weighted by molar-refractivity contribution is -0.117. The number of hydrogen-bond donors (Lipinski definition) is 0. The van der Waals surface area contributed by atoms with Crippen LogP contribution in [-0.2, 0) is 11.2 Å². The van der Waals surface area contributed by atoms with Gasteiger partial charge >= 0.3 is 0 Å². The molecule has 112 valence electrons. The number of amides is 1. The molecule has 0 aliphatic carbocycles. The number of aromatic nitrogens is 2. The Morgan fingerprint density at radius 2 is 2.05 bits per heavy atom. The van der Waals surface area contributed by atoms with Crippen LogP contribution in [0.3, 0.4) is 0 Å². The molecule has 1 aromatic heterocycles. The highest BCUT2D eigenvalue weighted by molar-refractivity contribution is 6.10. The average molecular weight is 295 g/mol. The third-order valence-corrected chi connectivity index (χ3v) is 3.68. The number of aryl methyl sites for hydroxylation is 1. The molecule has 0 unspecified atom stereocenters. The fourth-order valence-corrected chi connectivity index (χ4v) is 2.53. The van der Waals surface area contributed by atoms with Gasteiger partial charge in [-0.2, -0.15) is 0 Å². The number of benzene rings is 1. The van der Waals surface area contributed by atoms with Gasteiger partial charge in [-0.1, -0.05) is 25.5 Å². The van der Waals surface area contributed by atoms with Gasteiger partial charge in [0.2, 0.25) is 5.91 Å². The van der Waals surface area contributed by atoms with E-state index in [4.69, 9.17) is 0 Å². The molecule has 1 aromatic carbocycles. The summed E-state index contributed by atoms with van der Waals surface area (Å²) < 4.78 is 1.59. The Kier molecular flexibility index (Phi) is 3.96. The van der Waals surface area contributed by atoms with Crippen molar-refractivity contribution in [3.8, 4) is 0 Å². The Bertz CT molecular complexity index is 847. The van der Waals surface area contributed by atoms with Gasteiger partial charge in [-0.15, -0.1) is 0 Å². The molecule has 0 N–H and O–H groups in total. The normalized spacial score (nSPS) is 14.4. The topological polar surface area (TPSA) is 64.3 Å². The molecule has 2 heterocycles. The lowest BCUT2D eigenvalue weighted by Gasteiger charge is -2.15. The summed E-state index contributed by atoms with van der Waals surface area (Å²) in [4.78, 5) is 32.5. The highest BCUT2D eigenvalue weighted by atomic mass is 16.1. The van der Waals surface area contributed by atoms with Crippen LogP contribution < -0.4 is 5.56 Å². The minimum atomic E-state index is -0.194. The number of hydrogen-bond acceptors (Lipinski definition) is 3. The monoisotopic (exact) mass is 295 g/mol. The van der Waals surface area contributed by atoms with Crippen LogP contribution in [0.15, 0.2) is 40.1 Å². The van der Waals surface area contributed by atoms with E-state index in [1.165, 1.54) is 6.21 Å². The molecular weight excluding hydrogens is 278 g/mol. The standard InChI is InChI=1S/C17H17N3O2/c1-2-3-8-15-19-14-7-5-4-6-13(14)17(22)20(15)12-9-10-16(21)18-11-12/h4-7,9,11H,2-3,8,10H2,1H3. The Morgan fingerprint density at radius 1 is 1.23 bits per heavy atom. The summed E-state index contributed by atoms with van der Waals surface area (Å²) in [5, 5.41) is 0.578. The third kappa shape index (κ3) is 2.62. The summed E-state index contributed by atoms with van der Waals surface area (Å²) in [6.45, 7) is 2.10. The number of dihydropyridines is 1. The number of fused-ring (bicyclic) bond motifs is 1. The first-order valence-electron chi connectivity index (χ1n) is 7.49. The zero-order valence-corrected chi connectivity index (χ0v) is 12.5. The van der Waals surface area contributed by atoms with Gasteiger partial charge in [-0.05, 0) is 24.6 Å². The molecule has 22 heavy (non-hydrogen) atoms. The summed E-state index contributed by atoms with van der Waals surface area (Å²) in [7, 11) is 0. The first-order valence-corrected chi connectivity index (χ1v) is 7.49. The van der Waals surface area contributed by atoms with E-state index in [-0.39, 0.29) is 17.9 Å². The number of allylic oxidation sites excluding steroid dienone is 1. The molecule has 0 spiro atoms. The summed E-state index contributed by atoms with van der Waals surface area (Å²) in [6, 6.07) is 7.33. The van der Waals surface area contributed by atoms with Crippen molar-refractivity contribution < 1.29 is 4.79 Å². The Morgan fingerprint density at radius 3 is 2.77 bits per heavy atom. The van der Waals surface area contributed by atoms with Gasteiger partial charge in [-0.3, -0.25) is 14.2 Å². The van der Waals surface area contributed by atoms with Gasteiger partial charge in [0.15, 0.2) is 0 Å². The van der Waals surface area contributed by atoms with Crippen molar-refractivity contribution in [1.82, 2.24) is 9.55 Å². The fourth-order valence-electron chi connectivity index (χ4n) is 2.53. The van der Waals surface area contributed by atoms with Crippen molar-refractivity contribution in [2.24, 2.45) is 4.99 Å². The molecular formula is C17H17N3O2. The van der Waals surface area contributed by atoms with Crippen LogP contribution in [0.1, 0.15) is 32.0 Å². The van der Waals surface area contributed by atoms with Crippen molar-refractivity contribution in [3.05, 3.63) is 46.5 Å². The van der Waals surface area contributed by atoms with Crippen LogP contribution in [0, 0.1) is 0 Å². The van der Waals surface area contributed by atoms with Gasteiger partial charge in [-0.25, -0.2) is 9.98 Å². The highest BCUT2D eigenvalue weighted by Gasteiger charge is 2.15. The lowest BCUT2D eigenvalue weighted by atomic mass is 10.2. The number of unbranched alkanes of at least 4 members (excludes halogenated alkanes) is 1. The molecule has 1 aliphatic rings. The van der Waals surface area contributed by atoms with Crippen LogP contribution >= 0.6 is 0 Å². The van der Waals surface area contributed by atoms with Crippen LogP contribution in [0.25, 0.3) is 16.6 Å². The van der Waals surface area contributed by atoms with E-state index in [1.54, 1.807) is 16.7 Å². The zero-order chi connectivity index (χ0) is 15.5. The Hall–Kier alpha value is -2.56. The second-order valence-electron chi connectivity index (χ2n) is 5.27. The van der Waals surface area contributed by atoms with E-state index < -0.39 is 0 Å². The van der Waals surface area contributed by atoms with Crippen LogP contribution in [0.5, 0.6) is 0 Å². The first kappa shape index (κ1) is 14.4. The molecule has 1 aliphatic heterocycles. The van der Waals surface area contributed by atoms with Crippen LogP contribution in [-0.4, -0.2) is 21.7 Å². The molecule has 5 nitrogen and oxygen atoms in total. The lowest BCUT2D eigenvalue weighted by Crippen LogP contribution is -2.26. The Balaban J connectivity index is 2.21. The summed E-state index contributed by atoms with van der Waals surface area (Å²) >= 11 is 0. The summed E-state index contributed by atoms with van der Waals surface area (Å²) in [6.07, 6.45) is 6.11. The molecule has 0 atom stereocenters. The first-order chi connectivity index (χ1) is 10.7. The van der Waals surface area contributed by atoms with Gasteiger partial charge in [0.25, 0.3) is 5.56 Å². The van der Waals surface area contributed by atoms with E-state index >= 15 is 0 Å². The molecule has 0 bridgehead atoms. The molecule has 5 heteroatoms. The highest BCUT2D eigenvalue weighted by Crippen LogP contribution is 2.15. The third-order valence-electron chi connectivity index (χ3n) is 3.68. The number of carbonyl (C=O) groups excluding carboxylic acids is 1. The molecule has 0 saturated carbocycles. The SMILES string of the molecule is CCCCc1nc2ccccc2c(=O)n1C1=CCC(=O)N=C1. The average Bonchev–Trinajstić information content (AvgIpc) is 2.54. The van der Waals surface area contributed by atoms with Crippen molar-refractivity contribution in [2.75, 3.05) is 0 Å². The molecule has 0 fully saturated rings. The predicted octanol–water partition coefficient (Wildman–Crippen LogP) is 2.58. The van der Waals surface area contributed by atoms with Crippen molar-refractivity contribution >= 4 is 28.7 Å². The maximum absolute atomic E-state index is 12.8. The van der Waals surface area contributed by atoms with Crippen molar-refractivity contribution in [2.45, 2.75) is 32.6 Å². The number of nitrogens with zero attached hydrogens (tertiary/aromatic N) is 3. The van der Waals surface area contributed by atoms with Crippen molar-refractivity contribution in [1.29, 1.82) is 0 Å². The predicted molar refractivity (Wildman–Crippen MR) is 87.0 cm³/mol. The molecule has 0 saturated heterocycles. The van der Waals surface area contributed by atoms with Gasteiger partial charge < -0.3 is 0 Å². The zero-order valence-electron chi connectivity index (χ0n) is 12.5. The minimum absolute atomic E-state index is 0.108. The van der Waals surface area contributed by atoms with Gasteiger partial charge in [0.05, 0.1) is 22.8 Å². The van der Waals surface area contributed by atoms with E-state index in [0.29, 0.717) is 16.6 Å². The van der Waals surface area contributed by atoms with E-state index in [9.17, 15) is 9.59 Å². The van der Waals surface area contributed by atoms with Crippen molar-refractivity contribution in [3.63, 3.8) is 0 Å². The fraction of sp³-hybridized carbons (Fsp3) is 0.294. The number of carbonyl (C=O) groups is 1. The van der Waals surface area contributed by atoms with Gasteiger partial charge in [0, 0.05) is 12.8 Å². The number of rotatable bonds is 4. The minimum Gasteiger partial charge on any atom is -0.272 e. The molecule has 0 radical (unpaired) electrons. The maximum Gasteiger partial charge on any atom is 0.266 e. The van der Waals surface area contributed by atoms with E-state index in [0.717, 1.165) is 25.1 Å². The van der Waals surface area contributed by atoms with E-state index in [2.05, 4.69) is 16.9 Å². The smallest absolute Gasteiger partial charge is 0.266 e. The molecule has 1 amide bonds. The molecule has 2 aromatic rings. The second-order valence-corrected chi connectivity index (χ2v) is 5.27. The summed E-state index contributed by atoms with van der Waals surface area (Å²) in [5.74, 6) is 0.526. The summed E-state index contributed by atoms with van der Waals surface area (Å²) in [5.41, 5.74) is 1.23. The maximum atomic E-state index is 12.8. The van der Waals surface area contributed by atoms with E-state index in [1.807, 2.05) is 18.2 Å². The van der Waals surface area contributed by atoms with Crippen LogP contribution in [0.4, 0.5) is 0 Å². The second kappa shape index (κ2) is 6.05. The number of para-hydroxylation sites is 1. The quantitative estimate of drug-likeness (QED) is 0.870. The van der Waals surface area contributed by atoms with Crippen LogP contribution in [0.2, 0.25) is 0 Å². The molecule has 3 rings (SSSR count). The number of aliphatic imine (C=N–C) groups is 1. The largest absolute Gasteiger partial charge is 0.272 e. The van der Waals surface area contributed by atoms with Gasteiger partial charge in [0.1, 0.15) is 5.82 Å².